The molecule has 1 aromatic heterocycles. The van der Waals surface area contributed by atoms with Gasteiger partial charge in [0.25, 0.3) is 0 Å². The average Bonchev–Trinajstić information content (AvgIpc) is 2.17. The fraction of sp³-hybridized carbons (Fsp3) is 0. The third-order valence-corrected chi connectivity index (χ3v) is 1.67. The van der Waals surface area contributed by atoms with Crippen molar-refractivity contribution in [2.75, 3.05) is 0 Å². The molecular formula is C9H8N2O. The van der Waals surface area contributed by atoms with E-state index < -0.39 is 0 Å². The van der Waals surface area contributed by atoms with Gasteiger partial charge in [-0.2, -0.15) is 0 Å². The molecule has 0 fully saturated rings. The van der Waals surface area contributed by atoms with Crippen molar-refractivity contribution in [2.24, 2.45) is 10.9 Å². The molecule has 3 nitrogen and oxygen atoms in total. The van der Waals surface area contributed by atoms with Gasteiger partial charge in [-0.3, -0.25) is 0 Å². The normalized spacial score (nSPS) is 12.2. The third-order valence-electron chi connectivity index (χ3n) is 1.67. The standard InChI is InChI=1S/C9H8N2O/c10-11-9-6-5-7-3-1-2-4-8(7)12-9/h1-6H,10H2. The molecule has 2 rings (SSSR count). The minimum Gasteiger partial charge on any atom is -0.437 e. The zero-order chi connectivity index (χ0) is 8.39. The first-order valence-electron chi connectivity index (χ1n) is 3.63. The van der Waals surface area contributed by atoms with Gasteiger partial charge < -0.3 is 10.3 Å². The first kappa shape index (κ1) is 6.91. The second kappa shape index (κ2) is 2.70. The van der Waals surface area contributed by atoms with Crippen molar-refractivity contribution in [3.8, 4) is 0 Å². The molecule has 1 heterocycles. The van der Waals surface area contributed by atoms with E-state index in [9.17, 15) is 0 Å². The highest BCUT2D eigenvalue weighted by Crippen LogP contribution is 2.09. The van der Waals surface area contributed by atoms with Crippen LogP contribution in [0.4, 0.5) is 0 Å². The summed E-state index contributed by atoms with van der Waals surface area (Å²) in [4.78, 5) is 0. The van der Waals surface area contributed by atoms with Crippen molar-refractivity contribution in [3.05, 3.63) is 42.0 Å². The molecule has 1 aromatic carbocycles. The molecule has 0 aliphatic rings. The molecule has 0 saturated carbocycles. The van der Waals surface area contributed by atoms with Crippen LogP contribution in [0.15, 0.2) is 45.9 Å². The monoisotopic (exact) mass is 160 g/mol. The van der Waals surface area contributed by atoms with Crippen molar-refractivity contribution >= 4 is 11.0 Å². The Morgan fingerprint density at radius 1 is 1.08 bits per heavy atom. The van der Waals surface area contributed by atoms with E-state index >= 15 is 0 Å². The van der Waals surface area contributed by atoms with Gasteiger partial charge in [0.2, 0.25) is 5.55 Å². The molecule has 60 valence electrons. The number of hydrogen-bond donors (Lipinski definition) is 1. The van der Waals surface area contributed by atoms with E-state index in [2.05, 4.69) is 5.10 Å². The summed E-state index contributed by atoms with van der Waals surface area (Å²) in [7, 11) is 0. The Bertz CT molecular complexity index is 459. The second-order valence-electron chi connectivity index (χ2n) is 2.44. The molecule has 0 bridgehead atoms. The highest BCUT2D eigenvalue weighted by atomic mass is 16.3. The van der Waals surface area contributed by atoms with Gasteiger partial charge in [0.05, 0.1) is 0 Å². The molecule has 3 heteroatoms. The lowest BCUT2D eigenvalue weighted by Gasteiger charge is -1.93. The molecule has 12 heavy (non-hydrogen) atoms. The lowest BCUT2D eigenvalue weighted by molar-refractivity contribution is 0.537. The predicted molar refractivity (Wildman–Crippen MR) is 46.0 cm³/mol. The molecule has 0 aliphatic carbocycles. The molecule has 0 saturated heterocycles. The smallest absolute Gasteiger partial charge is 0.235 e. The maximum absolute atomic E-state index is 5.32. The number of rotatable bonds is 0. The minimum absolute atomic E-state index is 0.439. The van der Waals surface area contributed by atoms with Gasteiger partial charge in [-0.25, -0.2) is 0 Å². The van der Waals surface area contributed by atoms with Crippen molar-refractivity contribution in [3.63, 3.8) is 0 Å². The summed E-state index contributed by atoms with van der Waals surface area (Å²) in [5.41, 5.74) is 1.23. The van der Waals surface area contributed by atoms with Crippen LogP contribution in [-0.4, -0.2) is 0 Å². The van der Waals surface area contributed by atoms with Gasteiger partial charge in [0, 0.05) is 11.5 Å². The maximum atomic E-state index is 5.32. The average molecular weight is 160 g/mol. The Morgan fingerprint density at radius 3 is 2.75 bits per heavy atom. The number of benzene rings is 1. The molecule has 2 aromatic rings. The van der Waals surface area contributed by atoms with Crippen LogP contribution in [0, 0.1) is 0 Å². The number of nitrogens with two attached hydrogens (primary N) is 1. The van der Waals surface area contributed by atoms with Crippen LogP contribution in [0.5, 0.6) is 0 Å². The molecule has 0 atom stereocenters. The second-order valence-corrected chi connectivity index (χ2v) is 2.44. The van der Waals surface area contributed by atoms with Gasteiger partial charge in [0.15, 0.2) is 0 Å². The highest BCUT2D eigenvalue weighted by molar-refractivity contribution is 5.75. The van der Waals surface area contributed by atoms with Crippen LogP contribution in [0.2, 0.25) is 0 Å². The van der Waals surface area contributed by atoms with Gasteiger partial charge >= 0.3 is 0 Å². The minimum atomic E-state index is 0.439. The maximum Gasteiger partial charge on any atom is 0.235 e. The third kappa shape index (κ3) is 1.05. The Balaban J connectivity index is 2.85. The Kier molecular flexibility index (Phi) is 1.55. The van der Waals surface area contributed by atoms with Crippen molar-refractivity contribution < 1.29 is 4.42 Å². The quantitative estimate of drug-likeness (QED) is 0.465. The summed E-state index contributed by atoms with van der Waals surface area (Å²) >= 11 is 0. The fourth-order valence-corrected chi connectivity index (χ4v) is 1.09. The number of fused-ring (bicyclic) bond motifs is 1. The molecule has 0 spiro atoms. The lowest BCUT2D eigenvalue weighted by Crippen LogP contribution is -2.02. The first-order valence-corrected chi connectivity index (χ1v) is 3.63. The van der Waals surface area contributed by atoms with Gasteiger partial charge in [-0.15, -0.1) is 5.10 Å². The van der Waals surface area contributed by atoms with E-state index in [1.54, 1.807) is 6.07 Å². The van der Waals surface area contributed by atoms with Crippen LogP contribution in [0.25, 0.3) is 11.0 Å². The molecule has 2 N–H and O–H groups in total. The van der Waals surface area contributed by atoms with Gasteiger partial charge in [0.1, 0.15) is 5.58 Å². The molecule has 0 amide bonds. The van der Waals surface area contributed by atoms with E-state index in [0.717, 1.165) is 11.0 Å². The van der Waals surface area contributed by atoms with Crippen LogP contribution in [-0.2, 0) is 0 Å². The lowest BCUT2D eigenvalue weighted by atomic mass is 10.2. The fourth-order valence-electron chi connectivity index (χ4n) is 1.09. The van der Waals surface area contributed by atoms with Crippen LogP contribution in [0.3, 0.4) is 0 Å². The zero-order valence-corrected chi connectivity index (χ0v) is 6.40. The summed E-state index contributed by atoms with van der Waals surface area (Å²) in [5, 5.41) is 4.50. The highest BCUT2D eigenvalue weighted by Gasteiger charge is 1.91. The van der Waals surface area contributed by atoms with Crippen LogP contribution < -0.4 is 11.4 Å². The predicted octanol–water partition coefficient (Wildman–Crippen LogP) is 1.21. The summed E-state index contributed by atoms with van der Waals surface area (Å²) in [5.74, 6) is 5.07. The van der Waals surface area contributed by atoms with Gasteiger partial charge in [-0.05, 0) is 12.1 Å². The number of hydrogen-bond acceptors (Lipinski definition) is 3. The van der Waals surface area contributed by atoms with Crippen molar-refractivity contribution in [1.82, 2.24) is 0 Å². The molecule has 0 radical (unpaired) electrons. The first-order chi connectivity index (χ1) is 5.90. The van der Waals surface area contributed by atoms with E-state index in [1.807, 2.05) is 30.3 Å². The topological polar surface area (TPSA) is 51.5 Å². The SMILES string of the molecule is NN=c1ccc2ccccc2o1. The number of nitrogens with zero attached hydrogens (tertiary/aromatic N) is 1. The summed E-state index contributed by atoms with van der Waals surface area (Å²) in [6, 6.07) is 11.4. The van der Waals surface area contributed by atoms with Crippen molar-refractivity contribution in [1.29, 1.82) is 0 Å². The number of para-hydroxylation sites is 1. The summed E-state index contributed by atoms with van der Waals surface area (Å²) in [6.45, 7) is 0. The van der Waals surface area contributed by atoms with E-state index in [0.29, 0.717) is 5.55 Å². The van der Waals surface area contributed by atoms with E-state index in [1.165, 1.54) is 0 Å². The Morgan fingerprint density at radius 2 is 1.92 bits per heavy atom. The largest absolute Gasteiger partial charge is 0.437 e. The van der Waals surface area contributed by atoms with Crippen LogP contribution in [0.1, 0.15) is 0 Å². The Labute approximate surface area is 69.1 Å². The zero-order valence-electron chi connectivity index (χ0n) is 6.40. The molecule has 0 unspecified atom stereocenters. The summed E-state index contributed by atoms with van der Waals surface area (Å²) < 4.78 is 5.32. The van der Waals surface area contributed by atoms with Crippen molar-refractivity contribution in [2.45, 2.75) is 0 Å². The summed E-state index contributed by atoms with van der Waals surface area (Å²) in [6.07, 6.45) is 0. The van der Waals surface area contributed by atoms with Gasteiger partial charge in [-0.1, -0.05) is 18.2 Å². The Hall–Kier alpha value is -1.77. The molecule has 0 aliphatic heterocycles. The van der Waals surface area contributed by atoms with Crippen LogP contribution >= 0.6 is 0 Å². The van der Waals surface area contributed by atoms with E-state index in [4.69, 9.17) is 10.3 Å². The van der Waals surface area contributed by atoms with E-state index in [-0.39, 0.29) is 0 Å². The molecular weight excluding hydrogens is 152 g/mol.